The number of aliphatic carboxylic acids is 1. The first kappa shape index (κ1) is 14.1. The number of carboxylic acids is 1. The number of hydrogen-bond acceptors (Lipinski definition) is 2. The average Bonchev–Trinajstić information content (AvgIpc) is 2.46. The Hall–Kier alpha value is -1.27. The Morgan fingerprint density at radius 1 is 1.05 bits per heavy atom. The van der Waals surface area contributed by atoms with Gasteiger partial charge in [-0.05, 0) is 24.7 Å². The summed E-state index contributed by atoms with van der Waals surface area (Å²) in [5.41, 5.74) is 0. The van der Waals surface area contributed by atoms with Crippen molar-refractivity contribution in [2.24, 2.45) is 17.8 Å². The number of amides is 1. The lowest BCUT2D eigenvalue weighted by atomic mass is 9.58. The maximum atomic E-state index is 12.2. The number of carbonyl (C=O) groups excluding carboxylic acids is 1. The number of halogens is 3. The van der Waals surface area contributed by atoms with E-state index in [-0.39, 0.29) is 11.8 Å². The molecule has 0 heterocycles. The lowest BCUT2D eigenvalue weighted by Crippen LogP contribution is -2.63. The third-order valence-corrected chi connectivity index (χ3v) is 4.27. The molecule has 2 aliphatic carbocycles. The van der Waals surface area contributed by atoms with Gasteiger partial charge in [-0.25, -0.2) is 0 Å². The number of nitrogens with one attached hydrogen (secondary N) is 1. The van der Waals surface area contributed by atoms with Crippen molar-refractivity contribution in [2.75, 3.05) is 0 Å². The van der Waals surface area contributed by atoms with E-state index >= 15 is 0 Å². The molecule has 4 nitrogen and oxygen atoms in total. The van der Waals surface area contributed by atoms with E-state index in [1.807, 2.05) is 5.32 Å². The molecule has 0 aliphatic heterocycles. The molecule has 1 amide bonds. The highest BCUT2D eigenvalue weighted by Crippen LogP contribution is 2.48. The largest absolute Gasteiger partial charge is 0.481 e. The molecular weight excluding hydrogens is 263 g/mol. The van der Waals surface area contributed by atoms with E-state index in [1.54, 1.807) is 0 Å². The Labute approximate surface area is 108 Å². The highest BCUT2D eigenvalue weighted by Gasteiger charge is 2.56. The smallest absolute Gasteiger partial charge is 0.471 e. The number of hydrogen-bond donors (Lipinski definition) is 2. The van der Waals surface area contributed by atoms with Crippen LogP contribution in [0.5, 0.6) is 0 Å². The first-order chi connectivity index (χ1) is 8.82. The first-order valence-corrected chi connectivity index (χ1v) is 6.43. The number of fused-ring (bicyclic) bond motifs is 1. The van der Waals surface area contributed by atoms with Crippen LogP contribution in [0.15, 0.2) is 0 Å². The minimum absolute atomic E-state index is 0.0986. The topological polar surface area (TPSA) is 66.4 Å². The molecule has 0 radical (unpaired) electrons. The molecular formula is C12H16F3NO3. The van der Waals surface area contributed by atoms with Gasteiger partial charge in [0.1, 0.15) is 0 Å². The molecule has 108 valence electrons. The molecule has 2 rings (SSSR count). The summed E-state index contributed by atoms with van der Waals surface area (Å²) in [4.78, 5) is 22.1. The Balaban J connectivity index is 2.09. The normalized spacial score (nSPS) is 34.7. The maximum Gasteiger partial charge on any atom is 0.471 e. The van der Waals surface area contributed by atoms with Gasteiger partial charge in [-0.2, -0.15) is 13.2 Å². The molecule has 0 aromatic heterocycles. The van der Waals surface area contributed by atoms with Crippen molar-refractivity contribution in [3.8, 4) is 0 Å². The third-order valence-electron chi connectivity index (χ3n) is 4.27. The van der Waals surface area contributed by atoms with Crippen molar-refractivity contribution < 1.29 is 27.9 Å². The lowest BCUT2D eigenvalue weighted by Gasteiger charge is -2.49. The van der Waals surface area contributed by atoms with Gasteiger partial charge in [-0.1, -0.05) is 19.3 Å². The van der Waals surface area contributed by atoms with Gasteiger partial charge in [-0.15, -0.1) is 0 Å². The predicted molar refractivity (Wildman–Crippen MR) is 59.2 cm³/mol. The van der Waals surface area contributed by atoms with Crippen LogP contribution in [0.2, 0.25) is 0 Å². The van der Waals surface area contributed by atoms with E-state index in [9.17, 15) is 22.8 Å². The summed E-state index contributed by atoms with van der Waals surface area (Å²) in [7, 11) is 0. The maximum absolute atomic E-state index is 12.2. The zero-order valence-corrected chi connectivity index (χ0v) is 10.2. The average molecular weight is 279 g/mol. The number of rotatable bonds is 2. The summed E-state index contributed by atoms with van der Waals surface area (Å²) in [6.07, 6.45) is -0.786. The van der Waals surface area contributed by atoms with Gasteiger partial charge in [0.2, 0.25) is 0 Å². The molecule has 0 bridgehead atoms. The van der Waals surface area contributed by atoms with Crippen LogP contribution in [-0.2, 0) is 9.59 Å². The second-order valence-electron chi connectivity index (χ2n) is 5.33. The van der Waals surface area contributed by atoms with E-state index in [0.717, 1.165) is 25.7 Å². The summed E-state index contributed by atoms with van der Waals surface area (Å²) in [6.45, 7) is 0. The van der Waals surface area contributed by atoms with Crippen LogP contribution >= 0.6 is 0 Å². The minimum atomic E-state index is -4.96. The second kappa shape index (κ2) is 5.02. The zero-order chi connectivity index (χ0) is 14.2. The van der Waals surface area contributed by atoms with Gasteiger partial charge in [0.15, 0.2) is 0 Å². The van der Waals surface area contributed by atoms with E-state index in [0.29, 0.717) is 6.42 Å². The van der Waals surface area contributed by atoms with Crippen molar-refractivity contribution in [2.45, 2.75) is 44.3 Å². The lowest BCUT2D eigenvalue weighted by molar-refractivity contribution is -0.179. The van der Waals surface area contributed by atoms with Crippen molar-refractivity contribution in [3.05, 3.63) is 0 Å². The van der Waals surface area contributed by atoms with Gasteiger partial charge in [0.25, 0.3) is 0 Å². The number of carboxylic acid groups (broad SMARTS) is 1. The fourth-order valence-corrected chi connectivity index (χ4v) is 3.41. The monoisotopic (exact) mass is 279 g/mol. The quantitative estimate of drug-likeness (QED) is 0.812. The molecule has 4 unspecified atom stereocenters. The van der Waals surface area contributed by atoms with Crippen molar-refractivity contribution in [1.82, 2.24) is 5.32 Å². The summed E-state index contributed by atoms with van der Waals surface area (Å²) < 4.78 is 36.7. The van der Waals surface area contributed by atoms with Crippen LogP contribution in [0.4, 0.5) is 13.2 Å². The minimum Gasteiger partial charge on any atom is -0.481 e. The van der Waals surface area contributed by atoms with E-state index < -0.39 is 30.0 Å². The summed E-state index contributed by atoms with van der Waals surface area (Å²) in [5, 5.41) is 11.0. The van der Waals surface area contributed by atoms with Crippen molar-refractivity contribution in [3.63, 3.8) is 0 Å². The van der Waals surface area contributed by atoms with Crippen molar-refractivity contribution in [1.29, 1.82) is 0 Å². The standard InChI is InChI=1S/C12H16F3NO3/c13-12(14,15)11(19)16-9-7-5-3-1-2-4-6(7)8(9)10(17)18/h6-9H,1-5H2,(H,16,19)(H,17,18). The van der Waals surface area contributed by atoms with Crippen LogP contribution in [0.1, 0.15) is 32.1 Å². The molecule has 2 saturated carbocycles. The van der Waals surface area contributed by atoms with Crippen LogP contribution in [0, 0.1) is 17.8 Å². The molecule has 19 heavy (non-hydrogen) atoms. The Bertz CT molecular complexity index is 383. The highest BCUT2D eigenvalue weighted by atomic mass is 19.4. The van der Waals surface area contributed by atoms with Gasteiger partial charge in [-0.3, -0.25) is 9.59 Å². The fraction of sp³-hybridized carbons (Fsp3) is 0.833. The molecule has 0 aromatic rings. The van der Waals surface area contributed by atoms with Gasteiger partial charge in [0.05, 0.1) is 5.92 Å². The van der Waals surface area contributed by atoms with Crippen molar-refractivity contribution >= 4 is 11.9 Å². The molecule has 0 saturated heterocycles. The van der Waals surface area contributed by atoms with Crippen LogP contribution in [0.25, 0.3) is 0 Å². The molecule has 4 atom stereocenters. The van der Waals surface area contributed by atoms with E-state index in [4.69, 9.17) is 5.11 Å². The number of carbonyl (C=O) groups is 2. The molecule has 2 aliphatic rings. The third kappa shape index (κ3) is 2.69. The van der Waals surface area contributed by atoms with E-state index in [1.165, 1.54) is 0 Å². The summed E-state index contributed by atoms with van der Waals surface area (Å²) in [6, 6.07) is -0.880. The fourth-order valence-electron chi connectivity index (χ4n) is 3.41. The summed E-state index contributed by atoms with van der Waals surface area (Å²) >= 11 is 0. The van der Waals surface area contributed by atoms with Gasteiger partial charge < -0.3 is 10.4 Å². The van der Waals surface area contributed by atoms with Gasteiger partial charge >= 0.3 is 18.1 Å². The molecule has 2 N–H and O–H groups in total. The summed E-state index contributed by atoms with van der Waals surface area (Å²) in [5.74, 6) is -4.26. The molecule has 7 heteroatoms. The number of alkyl halides is 3. The molecule has 0 spiro atoms. The van der Waals surface area contributed by atoms with Crippen LogP contribution in [-0.4, -0.2) is 29.2 Å². The van der Waals surface area contributed by atoms with Crippen LogP contribution < -0.4 is 5.32 Å². The zero-order valence-electron chi connectivity index (χ0n) is 10.2. The van der Waals surface area contributed by atoms with E-state index in [2.05, 4.69) is 0 Å². The molecule has 0 aromatic carbocycles. The Kier molecular flexibility index (Phi) is 3.73. The second-order valence-corrected chi connectivity index (χ2v) is 5.33. The predicted octanol–water partition coefficient (Wildman–Crippen LogP) is 1.94. The highest BCUT2D eigenvalue weighted by molar-refractivity contribution is 5.83. The Morgan fingerprint density at radius 3 is 2.16 bits per heavy atom. The Morgan fingerprint density at radius 2 is 1.63 bits per heavy atom. The first-order valence-electron chi connectivity index (χ1n) is 6.43. The SMILES string of the molecule is O=C(O)C1C2CCCCCC2C1NC(=O)C(F)(F)F. The van der Waals surface area contributed by atoms with Crippen LogP contribution in [0.3, 0.4) is 0 Å². The van der Waals surface area contributed by atoms with Gasteiger partial charge in [0, 0.05) is 6.04 Å². The molecule has 2 fully saturated rings.